The van der Waals surface area contributed by atoms with Gasteiger partial charge in [-0.05, 0) is 18.8 Å². The van der Waals surface area contributed by atoms with E-state index in [0.717, 1.165) is 6.54 Å². The van der Waals surface area contributed by atoms with Crippen molar-refractivity contribution >= 4 is 5.71 Å². The van der Waals surface area contributed by atoms with E-state index in [-0.39, 0.29) is 0 Å². The normalized spacial score (nSPS) is 27.9. The zero-order valence-electron chi connectivity index (χ0n) is 8.36. The lowest BCUT2D eigenvalue weighted by Gasteiger charge is -2.38. The van der Waals surface area contributed by atoms with Crippen molar-refractivity contribution in [3.05, 3.63) is 0 Å². The standard InChI is InChI=1S/C10H19N/c1-8-10(4,5)6-9(2,3)7-11-8/h6-7H2,1-5H3. The Bertz CT molecular complexity index is 187. The zero-order valence-corrected chi connectivity index (χ0v) is 8.36. The maximum atomic E-state index is 4.55. The van der Waals surface area contributed by atoms with Gasteiger partial charge in [-0.15, -0.1) is 0 Å². The molecule has 0 N–H and O–H groups in total. The van der Waals surface area contributed by atoms with Crippen LogP contribution in [0, 0.1) is 10.8 Å². The summed E-state index contributed by atoms with van der Waals surface area (Å²) in [5, 5.41) is 0. The molecular weight excluding hydrogens is 134 g/mol. The monoisotopic (exact) mass is 153 g/mol. The van der Waals surface area contributed by atoms with Crippen LogP contribution in [-0.2, 0) is 0 Å². The van der Waals surface area contributed by atoms with E-state index in [9.17, 15) is 0 Å². The fraction of sp³-hybridized carbons (Fsp3) is 0.900. The van der Waals surface area contributed by atoms with Crippen LogP contribution in [0.25, 0.3) is 0 Å². The smallest absolute Gasteiger partial charge is 0.0440 e. The highest BCUT2D eigenvalue weighted by Gasteiger charge is 2.34. The summed E-state index contributed by atoms with van der Waals surface area (Å²) in [5.41, 5.74) is 2.04. The molecule has 0 spiro atoms. The Balaban J connectivity index is 2.86. The van der Waals surface area contributed by atoms with Crippen LogP contribution in [-0.4, -0.2) is 12.3 Å². The second-order valence-electron chi connectivity index (χ2n) is 5.13. The molecule has 0 aromatic rings. The predicted octanol–water partition coefficient (Wildman–Crippen LogP) is 2.90. The van der Waals surface area contributed by atoms with E-state index in [1.54, 1.807) is 0 Å². The summed E-state index contributed by atoms with van der Waals surface area (Å²) < 4.78 is 0. The van der Waals surface area contributed by atoms with Gasteiger partial charge >= 0.3 is 0 Å². The predicted molar refractivity (Wildman–Crippen MR) is 50.2 cm³/mol. The zero-order chi connectivity index (χ0) is 8.70. The van der Waals surface area contributed by atoms with E-state index in [0.29, 0.717) is 10.8 Å². The molecule has 0 saturated carbocycles. The van der Waals surface area contributed by atoms with Gasteiger partial charge in [0.05, 0.1) is 0 Å². The lowest BCUT2D eigenvalue weighted by molar-refractivity contribution is 0.242. The highest BCUT2D eigenvalue weighted by atomic mass is 14.8. The summed E-state index contributed by atoms with van der Waals surface area (Å²) >= 11 is 0. The highest BCUT2D eigenvalue weighted by Crippen LogP contribution is 2.38. The van der Waals surface area contributed by atoms with Crippen molar-refractivity contribution in [2.24, 2.45) is 15.8 Å². The molecule has 0 fully saturated rings. The van der Waals surface area contributed by atoms with E-state index < -0.39 is 0 Å². The van der Waals surface area contributed by atoms with Crippen molar-refractivity contribution in [3.63, 3.8) is 0 Å². The van der Waals surface area contributed by atoms with E-state index in [1.165, 1.54) is 12.1 Å². The maximum absolute atomic E-state index is 4.55. The molecule has 1 aliphatic rings. The molecule has 1 heterocycles. The van der Waals surface area contributed by atoms with E-state index in [1.807, 2.05) is 0 Å². The molecule has 0 aromatic heterocycles. The van der Waals surface area contributed by atoms with Crippen LogP contribution in [0.15, 0.2) is 4.99 Å². The average Bonchev–Trinajstić information content (AvgIpc) is 1.77. The SMILES string of the molecule is CC1=NCC(C)(C)CC1(C)C. The van der Waals surface area contributed by atoms with Crippen LogP contribution in [0.4, 0.5) is 0 Å². The van der Waals surface area contributed by atoms with Gasteiger partial charge in [0, 0.05) is 17.7 Å². The second kappa shape index (κ2) is 2.33. The Hall–Kier alpha value is -0.330. The summed E-state index contributed by atoms with van der Waals surface area (Å²) in [6.45, 7) is 12.3. The molecule has 1 heteroatoms. The van der Waals surface area contributed by atoms with Crippen LogP contribution >= 0.6 is 0 Å². The first kappa shape index (κ1) is 8.76. The van der Waals surface area contributed by atoms with Crippen molar-refractivity contribution in [1.29, 1.82) is 0 Å². The third-order valence-corrected chi connectivity index (χ3v) is 2.64. The summed E-state index contributed by atoms with van der Waals surface area (Å²) in [6, 6.07) is 0. The molecule has 0 radical (unpaired) electrons. The lowest BCUT2D eigenvalue weighted by atomic mass is 9.70. The second-order valence-corrected chi connectivity index (χ2v) is 5.13. The van der Waals surface area contributed by atoms with Gasteiger partial charge in [0.2, 0.25) is 0 Å². The van der Waals surface area contributed by atoms with Gasteiger partial charge in [-0.1, -0.05) is 27.7 Å². The van der Waals surface area contributed by atoms with Crippen molar-refractivity contribution in [2.75, 3.05) is 6.54 Å². The first-order valence-electron chi connectivity index (χ1n) is 4.35. The average molecular weight is 153 g/mol. The van der Waals surface area contributed by atoms with Gasteiger partial charge in [-0.25, -0.2) is 0 Å². The third kappa shape index (κ3) is 1.82. The molecule has 0 atom stereocenters. The minimum atomic E-state index is 0.321. The van der Waals surface area contributed by atoms with Crippen LogP contribution < -0.4 is 0 Å². The topological polar surface area (TPSA) is 12.4 Å². The van der Waals surface area contributed by atoms with Crippen molar-refractivity contribution in [1.82, 2.24) is 0 Å². The molecule has 64 valence electrons. The summed E-state index contributed by atoms with van der Waals surface area (Å²) in [7, 11) is 0. The van der Waals surface area contributed by atoms with Gasteiger partial charge in [-0.2, -0.15) is 0 Å². The Morgan fingerprint density at radius 3 is 2.09 bits per heavy atom. The maximum Gasteiger partial charge on any atom is 0.0440 e. The quantitative estimate of drug-likeness (QED) is 0.507. The molecule has 0 aromatic carbocycles. The van der Waals surface area contributed by atoms with Gasteiger partial charge in [0.15, 0.2) is 0 Å². The minimum Gasteiger partial charge on any atom is -0.293 e. The van der Waals surface area contributed by atoms with E-state index in [2.05, 4.69) is 39.6 Å². The van der Waals surface area contributed by atoms with Gasteiger partial charge in [0.1, 0.15) is 0 Å². The van der Waals surface area contributed by atoms with Crippen LogP contribution in [0.3, 0.4) is 0 Å². The first-order chi connectivity index (χ1) is 4.83. The Labute approximate surface area is 69.9 Å². The first-order valence-corrected chi connectivity index (χ1v) is 4.35. The van der Waals surface area contributed by atoms with Crippen LogP contribution in [0.5, 0.6) is 0 Å². The molecule has 1 aliphatic heterocycles. The molecule has 0 bridgehead atoms. The van der Waals surface area contributed by atoms with Crippen molar-refractivity contribution < 1.29 is 0 Å². The van der Waals surface area contributed by atoms with E-state index in [4.69, 9.17) is 0 Å². The van der Waals surface area contributed by atoms with Gasteiger partial charge < -0.3 is 0 Å². The number of aliphatic imine (C=N–C) groups is 1. The lowest BCUT2D eigenvalue weighted by Crippen LogP contribution is -2.35. The Kier molecular flexibility index (Phi) is 1.85. The third-order valence-electron chi connectivity index (χ3n) is 2.64. The molecule has 1 rings (SSSR count). The minimum absolute atomic E-state index is 0.321. The summed E-state index contributed by atoms with van der Waals surface area (Å²) in [6.07, 6.45) is 1.26. The number of nitrogens with zero attached hydrogens (tertiary/aromatic N) is 1. The number of rotatable bonds is 0. The molecule has 0 unspecified atom stereocenters. The molecule has 0 saturated heterocycles. The van der Waals surface area contributed by atoms with Crippen molar-refractivity contribution in [3.8, 4) is 0 Å². The summed E-state index contributed by atoms with van der Waals surface area (Å²) in [4.78, 5) is 4.55. The fourth-order valence-corrected chi connectivity index (χ4v) is 1.93. The largest absolute Gasteiger partial charge is 0.293 e. The van der Waals surface area contributed by atoms with Crippen LogP contribution in [0.2, 0.25) is 0 Å². The molecule has 0 amide bonds. The molecule has 0 aliphatic carbocycles. The summed E-state index contributed by atoms with van der Waals surface area (Å²) in [5.74, 6) is 0. The highest BCUT2D eigenvalue weighted by molar-refractivity contribution is 5.87. The van der Waals surface area contributed by atoms with Crippen molar-refractivity contribution in [2.45, 2.75) is 41.0 Å². The fourth-order valence-electron chi connectivity index (χ4n) is 1.93. The van der Waals surface area contributed by atoms with E-state index >= 15 is 0 Å². The molecular formula is C10H19N. The van der Waals surface area contributed by atoms with Crippen LogP contribution in [0.1, 0.15) is 41.0 Å². The van der Waals surface area contributed by atoms with Gasteiger partial charge in [0.25, 0.3) is 0 Å². The Morgan fingerprint density at radius 1 is 1.18 bits per heavy atom. The number of hydrogen-bond acceptors (Lipinski definition) is 1. The Morgan fingerprint density at radius 2 is 1.73 bits per heavy atom. The van der Waals surface area contributed by atoms with Gasteiger partial charge in [-0.3, -0.25) is 4.99 Å². The molecule has 11 heavy (non-hydrogen) atoms. The number of hydrogen-bond donors (Lipinski definition) is 0. The molecule has 1 nitrogen and oxygen atoms in total.